The van der Waals surface area contributed by atoms with Gasteiger partial charge in [0.05, 0.1) is 19.3 Å². The summed E-state index contributed by atoms with van der Waals surface area (Å²) in [4.78, 5) is 16.6. The Bertz CT molecular complexity index is 896. The van der Waals surface area contributed by atoms with Gasteiger partial charge in [0.1, 0.15) is 10.8 Å². The maximum absolute atomic E-state index is 12.0. The van der Waals surface area contributed by atoms with Gasteiger partial charge in [0.2, 0.25) is 0 Å². The van der Waals surface area contributed by atoms with E-state index in [1.807, 2.05) is 49.7 Å². The second-order valence-corrected chi connectivity index (χ2v) is 6.42. The van der Waals surface area contributed by atoms with E-state index in [2.05, 4.69) is 4.98 Å². The third-order valence-electron chi connectivity index (χ3n) is 3.72. The molecule has 5 heteroatoms. The zero-order chi connectivity index (χ0) is 16.4. The lowest BCUT2D eigenvalue weighted by molar-refractivity contribution is 0.414. The molecule has 3 aromatic rings. The van der Waals surface area contributed by atoms with E-state index in [4.69, 9.17) is 4.74 Å². The van der Waals surface area contributed by atoms with Crippen molar-refractivity contribution < 1.29 is 4.74 Å². The number of methoxy groups -OCH3 is 1. The van der Waals surface area contributed by atoms with Gasteiger partial charge in [-0.15, -0.1) is 11.3 Å². The highest BCUT2D eigenvalue weighted by Crippen LogP contribution is 2.28. The molecule has 0 radical (unpaired) electrons. The first-order valence-electron chi connectivity index (χ1n) is 7.33. The number of thiazole rings is 1. The van der Waals surface area contributed by atoms with Crippen LogP contribution < -0.4 is 10.3 Å². The first kappa shape index (κ1) is 15.5. The van der Waals surface area contributed by atoms with E-state index in [9.17, 15) is 4.79 Å². The Hall–Kier alpha value is -2.40. The molecular weight excluding hydrogens is 308 g/mol. The number of ether oxygens (including phenoxy) is 1. The highest BCUT2D eigenvalue weighted by atomic mass is 32.1. The molecule has 2 aromatic heterocycles. The molecule has 0 fully saturated rings. The van der Waals surface area contributed by atoms with Gasteiger partial charge < -0.3 is 9.30 Å². The van der Waals surface area contributed by atoms with Crippen LogP contribution in [-0.4, -0.2) is 16.7 Å². The van der Waals surface area contributed by atoms with Crippen LogP contribution in [0.4, 0.5) is 0 Å². The molecular formula is C18H18N2O2S. The number of hydrogen-bond acceptors (Lipinski definition) is 4. The highest BCUT2D eigenvalue weighted by Gasteiger charge is 2.09. The van der Waals surface area contributed by atoms with Crippen molar-refractivity contribution in [3.8, 4) is 17.0 Å². The second kappa shape index (κ2) is 6.38. The fourth-order valence-corrected chi connectivity index (χ4v) is 3.23. The van der Waals surface area contributed by atoms with Crippen LogP contribution in [0.5, 0.6) is 5.75 Å². The zero-order valence-electron chi connectivity index (χ0n) is 13.4. The molecule has 0 N–H and O–H groups in total. The first-order valence-corrected chi connectivity index (χ1v) is 8.21. The molecule has 1 aromatic carbocycles. The minimum Gasteiger partial charge on any atom is -0.497 e. The van der Waals surface area contributed by atoms with Crippen LogP contribution in [0, 0.1) is 13.8 Å². The molecule has 0 aliphatic rings. The fourth-order valence-electron chi connectivity index (χ4n) is 2.44. The van der Waals surface area contributed by atoms with E-state index in [0.29, 0.717) is 6.54 Å². The third kappa shape index (κ3) is 3.35. The van der Waals surface area contributed by atoms with Crippen LogP contribution in [0.3, 0.4) is 0 Å². The summed E-state index contributed by atoms with van der Waals surface area (Å²) in [6.45, 7) is 4.46. The van der Waals surface area contributed by atoms with E-state index >= 15 is 0 Å². The lowest BCUT2D eigenvalue weighted by Crippen LogP contribution is -2.19. The smallest absolute Gasteiger partial charge is 0.251 e. The van der Waals surface area contributed by atoms with Gasteiger partial charge in [0.15, 0.2) is 0 Å². The Kier molecular flexibility index (Phi) is 4.30. The lowest BCUT2D eigenvalue weighted by Gasteiger charge is -2.06. The molecule has 0 spiro atoms. The maximum Gasteiger partial charge on any atom is 0.251 e. The van der Waals surface area contributed by atoms with Crippen LogP contribution in [0.15, 0.2) is 46.7 Å². The molecule has 0 aliphatic carbocycles. The number of aromatic nitrogens is 2. The molecule has 3 rings (SSSR count). The standard InChI is InChI=1S/C18H18N2O2S/c1-12-6-7-20(18(21)8-12)10-17-19-16(11-23-17)15-5-4-14(22-3)9-13(15)2/h4-9,11H,10H2,1-3H3. The number of aryl methyl sites for hydroxylation is 2. The average molecular weight is 326 g/mol. The van der Waals surface area contributed by atoms with Gasteiger partial charge in [-0.3, -0.25) is 4.79 Å². The molecule has 0 bridgehead atoms. The van der Waals surface area contributed by atoms with E-state index in [1.54, 1.807) is 29.1 Å². The summed E-state index contributed by atoms with van der Waals surface area (Å²) in [5.74, 6) is 0.841. The van der Waals surface area contributed by atoms with Gasteiger partial charge in [0, 0.05) is 23.2 Å². The van der Waals surface area contributed by atoms with Crippen LogP contribution in [0.2, 0.25) is 0 Å². The Labute approximate surface area is 139 Å². The molecule has 0 atom stereocenters. The predicted molar refractivity (Wildman–Crippen MR) is 93.4 cm³/mol. The number of pyridine rings is 1. The minimum absolute atomic E-state index is 0.00220. The number of rotatable bonds is 4. The molecule has 0 saturated heterocycles. The van der Waals surface area contributed by atoms with E-state index in [0.717, 1.165) is 33.1 Å². The Morgan fingerprint density at radius 3 is 2.74 bits per heavy atom. The van der Waals surface area contributed by atoms with Crippen molar-refractivity contribution in [1.29, 1.82) is 0 Å². The van der Waals surface area contributed by atoms with Crippen LogP contribution in [-0.2, 0) is 6.54 Å². The topological polar surface area (TPSA) is 44.1 Å². The van der Waals surface area contributed by atoms with Crippen molar-refractivity contribution in [3.63, 3.8) is 0 Å². The van der Waals surface area contributed by atoms with E-state index < -0.39 is 0 Å². The number of benzene rings is 1. The fraction of sp³-hybridized carbons (Fsp3) is 0.222. The molecule has 4 nitrogen and oxygen atoms in total. The van der Waals surface area contributed by atoms with Crippen LogP contribution >= 0.6 is 11.3 Å². The summed E-state index contributed by atoms with van der Waals surface area (Å²) >= 11 is 1.57. The Morgan fingerprint density at radius 2 is 2.04 bits per heavy atom. The number of nitrogens with zero attached hydrogens (tertiary/aromatic N) is 2. The molecule has 23 heavy (non-hydrogen) atoms. The lowest BCUT2D eigenvalue weighted by atomic mass is 10.1. The van der Waals surface area contributed by atoms with Crippen LogP contribution in [0.25, 0.3) is 11.3 Å². The summed E-state index contributed by atoms with van der Waals surface area (Å²) in [7, 11) is 1.66. The minimum atomic E-state index is 0.00220. The Morgan fingerprint density at radius 1 is 1.22 bits per heavy atom. The monoisotopic (exact) mass is 326 g/mol. The molecule has 118 valence electrons. The summed E-state index contributed by atoms with van der Waals surface area (Å²) < 4.78 is 6.91. The van der Waals surface area contributed by atoms with Gasteiger partial charge in [-0.05, 0) is 49.2 Å². The van der Waals surface area contributed by atoms with Gasteiger partial charge in [0.25, 0.3) is 5.56 Å². The van der Waals surface area contributed by atoms with E-state index in [-0.39, 0.29) is 5.56 Å². The highest BCUT2D eigenvalue weighted by molar-refractivity contribution is 7.09. The van der Waals surface area contributed by atoms with Gasteiger partial charge in [-0.1, -0.05) is 0 Å². The van der Waals surface area contributed by atoms with Crippen molar-refractivity contribution in [2.45, 2.75) is 20.4 Å². The summed E-state index contributed by atoms with van der Waals surface area (Å²) in [5, 5.41) is 2.95. The normalized spacial score (nSPS) is 10.7. The van der Waals surface area contributed by atoms with Gasteiger partial charge in [-0.25, -0.2) is 4.98 Å². The van der Waals surface area contributed by atoms with Crippen molar-refractivity contribution in [3.05, 3.63) is 68.4 Å². The third-order valence-corrected chi connectivity index (χ3v) is 4.55. The second-order valence-electron chi connectivity index (χ2n) is 5.48. The van der Waals surface area contributed by atoms with E-state index in [1.165, 1.54) is 0 Å². The van der Waals surface area contributed by atoms with Crippen molar-refractivity contribution in [2.24, 2.45) is 0 Å². The quantitative estimate of drug-likeness (QED) is 0.735. The summed E-state index contributed by atoms with van der Waals surface area (Å²) in [5.41, 5.74) is 4.12. The molecule has 0 amide bonds. The molecule has 0 saturated carbocycles. The summed E-state index contributed by atoms with van der Waals surface area (Å²) in [6, 6.07) is 9.53. The summed E-state index contributed by atoms with van der Waals surface area (Å²) in [6.07, 6.45) is 1.82. The molecule has 0 aliphatic heterocycles. The van der Waals surface area contributed by atoms with Gasteiger partial charge >= 0.3 is 0 Å². The molecule has 0 unspecified atom stereocenters. The first-order chi connectivity index (χ1) is 11.1. The van der Waals surface area contributed by atoms with Crippen molar-refractivity contribution in [1.82, 2.24) is 9.55 Å². The molecule has 2 heterocycles. The van der Waals surface area contributed by atoms with Gasteiger partial charge in [-0.2, -0.15) is 0 Å². The average Bonchev–Trinajstić information content (AvgIpc) is 2.98. The Balaban J connectivity index is 1.87. The predicted octanol–water partition coefficient (Wildman–Crippen LogP) is 3.65. The SMILES string of the molecule is COc1ccc(-c2csc(Cn3ccc(C)cc3=O)n2)c(C)c1. The number of hydrogen-bond donors (Lipinski definition) is 0. The maximum atomic E-state index is 12.0. The van der Waals surface area contributed by atoms with Crippen molar-refractivity contribution >= 4 is 11.3 Å². The van der Waals surface area contributed by atoms with Crippen molar-refractivity contribution in [2.75, 3.05) is 7.11 Å². The van der Waals surface area contributed by atoms with Crippen LogP contribution in [0.1, 0.15) is 16.1 Å². The zero-order valence-corrected chi connectivity index (χ0v) is 14.2. The largest absolute Gasteiger partial charge is 0.497 e.